The quantitative estimate of drug-likeness (QED) is 0.879. The third kappa shape index (κ3) is 2.96. The third-order valence-electron chi connectivity index (χ3n) is 3.87. The number of hydrogen-bond acceptors (Lipinski definition) is 3. The summed E-state index contributed by atoms with van der Waals surface area (Å²) in [5.41, 5.74) is 2.17. The molecular formula is C16H24N4. The van der Waals surface area contributed by atoms with Crippen LogP contribution in [0.1, 0.15) is 26.7 Å². The van der Waals surface area contributed by atoms with Crippen LogP contribution in [0.3, 0.4) is 0 Å². The number of imidazole rings is 1. The number of rotatable bonds is 5. The van der Waals surface area contributed by atoms with Gasteiger partial charge in [0.15, 0.2) is 0 Å². The number of anilines is 1. The van der Waals surface area contributed by atoms with Crippen molar-refractivity contribution in [1.29, 1.82) is 0 Å². The smallest absolute Gasteiger partial charge is 0.203 e. The second kappa shape index (κ2) is 5.83. The minimum atomic E-state index is 0.599. The van der Waals surface area contributed by atoms with Gasteiger partial charge in [-0.2, -0.15) is 0 Å². The van der Waals surface area contributed by atoms with E-state index < -0.39 is 0 Å². The SMILES string of the molecule is CC(C)CN(CC1CCCN1)c1nc2ccccc2[nH]1. The molecule has 2 N–H and O–H groups in total. The van der Waals surface area contributed by atoms with Crippen molar-refractivity contribution < 1.29 is 0 Å². The largest absolute Gasteiger partial charge is 0.341 e. The van der Waals surface area contributed by atoms with Crippen molar-refractivity contribution in [3.8, 4) is 0 Å². The van der Waals surface area contributed by atoms with Crippen molar-refractivity contribution in [1.82, 2.24) is 15.3 Å². The molecule has 4 heteroatoms. The molecule has 3 rings (SSSR count). The maximum atomic E-state index is 4.75. The number of hydrogen-bond donors (Lipinski definition) is 2. The Morgan fingerprint density at radius 3 is 2.90 bits per heavy atom. The van der Waals surface area contributed by atoms with Crippen LogP contribution in [0.25, 0.3) is 11.0 Å². The number of para-hydroxylation sites is 2. The van der Waals surface area contributed by atoms with Crippen LogP contribution in [0.4, 0.5) is 5.95 Å². The predicted molar refractivity (Wildman–Crippen MR) is 84.2 cm³/mol. The topological polar surface area (TPSA) is 44.0 Å². The van der Waals surface area contributed by atoms with Crippen molar-refractivity contribution in [3.63, 3.8) is 0 Å². The van der Waals surface area contributed by atoms with Gasteiger partial charge in [-0.15, -0.1) is 0 Å². The van der Waals surface area contributed by atoms with Gasteiger partial charge in [-0.05, 0) is 37.4 Å². The van der Waals surface area contributed by atoms with Gasteiger partial charge < -0.3 is 15.2 Å². The molecule has 0 radical (unpaired) electrons. The number of aromatic amines is 1. The number of aromatic nitrogens is 2. The molecule has 2 heterocycles. The van der Waals surface area contributed by atoms with Gasteiger partial charge in [0.2, 0.25) is 5.95 Å². The molecule has 1 aromatic carbocycles. The second-order valence-electron chi connectivity index (χ2n) is 6.17. The maximum absolute atomic E-state index is 4.75. The lowest BCUT2D eigenvalue weighted by molar-refractivity contribution is 0.535. The molecule has 0 aliphatic carbocycles. The highest BCUT2D eigenvalue weighted by Gasteiger charge is 2.20. The number of benzene rings is 1. The molecule has 1 saturated heterocycles. The fourth-order valence-electron chi connectivity index (χ4n) is 2.96. The molecule has 0 bridgehead atoms. The fourth-order valence-corrected chi connectivity index (χ4v) is 2.96. The van der Waals surface area contributed by atoms with Crippen LogP contribution >= 0.6 is 0 Å². The molecule has 1 aliphatic heterocycles. The monoisotopic (exact) mass is 272 g/mol. The lowest BCUT2D eigenvalue weighted by Gasteiger charge is -2.27. The lowest BCUT2D eigenvalue weighted by atomic mass is 10.1. The second-order valence-corrected chi connectivity index (χ2v) is 6.17. The summed E-state index contributed by atoms with van der Waals surface area (Å²) in [7, 11) is 0. The van der Waals surface area contributed by atoms with Crippen molar-refractivity contribution >= 4 is 17.0 Å². The zero-order valence-electron chi connectivity index (χ0n) is 12.4. The Hall–Kier alpha value is -1.55. The summed E-state index contributed by atoms with van der Waals surface area (Å²) in [5, 5.41) is 3.58. The van der Waals surface area contributed by atoms with Crippen LogP contribution in [0.5, 0.6) is 0 Å². The molecule has 108 valence electrons. The Kier molecular flexibility index (Phi) is 3.92. The summed E-state index contributed by atoms with van der Waals surface area (Å²) < 4.78 is 0. The van der Waals surface area contributed by atoms with Gasteiger partial charge >= 0.3 is 0 Å². The van der Waals surface area contributed by atoms with E-state index in [1.807, 2.05) is 6.07 Å². The van der Waals surface area contributed by atoms with E-state index >= 15 is 0 Å². The zero-order valence-corrected chi connectivity index (χ0v) is 12.4. The molecule has 0 saturated carbocycles. The molecule has 2 aromatic rings. The van der Waals surface area contributed by atoms with Gasteiger partial charge in [-0.1, -0.05) is 26.0 Å². The van der Waals surface area contributed by atoms with E-state index in [1.165, 1.54) is 12.8 Å². The van der Waals surface area contributed by atoms with Gasteiger partial charge in [0.05, 0.1) is 11.0 Å². The number of nitrogens with one attached hydrogen (secondary N) is 2. The van der Waals surface area contributed by atoms with Gasteiger partial charge in [0.1, 0.15) is 0 Å². The number of nitrogens with zero attached hydrogens (tertiary/aromatic N) is 2. The summed E-state index contributed by atoms with van der Waals surface area (Å²) >= 11 is 0. The molecule has 20 heavy (non-hydrogen) atoms. The highest BCUT2D eigenvalue weighted by atomic mass is 15.3. The Morgan fingerprint density at radius 1 is 1.35 bits per heavy atom. The molecule has 0 spiro atoms. The molecular weight excluding hydrogens is 248 g/mol. The molecule has 4 nitrogen and oxygen atoms in total. The molecule has 1 fully saturated rings. The standard InChI is InChI=1S/C16H24N4/c1-12(2)10-20(11-13-6-5-9-17-13)16-18-14-7-3-4-8-15(14)19-16/h3-4,7-8,12-13,17H,5-6,9-11H2,1-2H3,(H,18,19). The minimum absolute atomic E-state index is 0.599. The third-order valence-corrected chi connectivity index (χ3v) is 3.87. The van der Waals surface area contributed by atoms with Gasteiger partial charge in [0, 0.05) is 19.1 Å². The average molecular weight is 272 g/mol. The van der Waals surface area contributed by atoms with Gasteiger partial charge in [-0.25, -0.2) is 4.98 Å². The van der Waals surface area contributed by atoms with Crippen LogP contribution < -0.4 is 10.2 Å². The first-order chi connectivity index (χ1) is 9.72. The van der Waals surface area contributed by atoms with Crippen LogP contribution in [-0.2, 0) is 0 Å². The normalized spacial score (nSPS) is 19.1. The first-order valence-electron chi connectivity index (χ1n) is 7.65. The van der Waals surface area contributed by atoms with Crippen LogP contribution in [0.2, 0.25) is 0 Å². The van der Waals surface area contributed by atoms with E-state index in [9.17, 15) is 0 Å². The maximum Gasteiger partial charge on any atom is 0.203 e. The molecule has 0 amide bonds. The fraction of sp³-hybridized carbons (Fsp3) is 0.562. The summed E-state index contributed by atoms with van der Waals surface area (Å²) in [5.74, 6) is 1.64. The first kappa shape index (κ1) is 13.4. The molecule has 1 unspecified atom stereocenters. The Balaban J connectivity index is 1.82. The highest BCUT2D eigenvalue weighted by Crippen LogP contribution is 2.19. The van der Waals surface area contributed by atoms with Crippen LogP contribution in [0, 0.1) is 5.92 Å². The van der Waals surface area contributed by atoms with Gasteiger partial charge in [-0.3, -0.25) is 0 Å². The van der Waals surface area contributed by atoms with Crippen molar-refractivity contribution in [2.24, 2.45) is 5.92 Å². The predicted octanol–water partition coefficient (Wildman–Crippen LogP) is 2.78. The summed E-state index contributed by atoms with van der Waals surface area (Å²) in [6, 6.07) is 8.85. The van der Waals surface area contributed by atoms with Crippen molar-refractivity contribution in [2.75, 3.05) is 24.5 Å². The van der Waals surface area contributed by atoms with E-state index in [4.69, 9.17) is 4.98 Å². The minimum Gasteiger partial charge on any atom is -0.341 e. The van der Waals surface area contributed by atoms with Crippen molar-refractivity contribution in [3.05, 3.63) is 24.3 Å². The van der Waals surface area contributed by atoms with E-state index in [2.05, 4.69) is 47.2 Å². The number of fused-ring (bicyclic) bond motifs is 1. The summed E-state index contributed by atoms with van der Waals surface area (Å²) in [4.78, 5) is 10.6. The van der Waals surface area contributed by atoms with Crippen LogP contribution in [0.15, 0.2) is 24.3 Å². The number of H-pyrrole nitrogens is 1. The Morgan fingerprint density at radius 2 is 2.20 bits per heavy atom. The molecule has 1 aliphatic rings. The van der Waals surface area contributed by atoms with E-state index in [1.54, 1.807) is 0 Å². The van der Waals surface area contributed by atoms with E-state index in [0.29, 0.717) is 12.0 Å². The summed E-state index contributed by atoms with van der Waals surface area (Å²) in [6.45, 7) is 7.76. The highest BCUT2D eigenvalue weighted by molar-refractivity contribution is 5.77. The Labute approximate surface area is 120 Å². The molecule has 1 atom stereocenters. The van der Waals surface area contributed by atoms with Crippen LogP contribution in [-0.4, -0.2) is 35.6 Å². The average Bonchev–Trinajstić information content (AvgIpc) is 3.05. The van der Waals surface area contributed by atoms with Gasteiger partial charge in [0.25, 0.3) is 0 Å². The van der Waals surface area contributed by atoms with Crippen molar-refractivity contribution in [2.45, 2.75) is 32.7 Å². The lowest BCUT2D eigenvalue weighted by Crippen LogP contribution is -2.40. The summed E-state index contributed by atoms with van der Waals surface area (Å²) in [6.07, 6.45) is 2.56. The Bertz CT molecular complexity index is 521. The first-order valence-corrected chi connectivity index (χ1v) is 7.65. The van der Waals surface area contributed by atoms with E-state index in [-0.39, 0.29) is 0 Å². The van der Waals surface area contributed by atoms with E-state index in [0.717, 1.165) is 36.6 Å². The zero-order chi connectivity index (χ0) is 13.9. The molecule has 1 aromatic heterocycles.